The first kappa shape index (κ1) is 14.3. The molecule has 2 rings (SSSR count). The summed E-state index contributed by atoms with van der Waals surface area (Å²) in [6, 6.07) is 2.45. The van der Waals surface area contributed by atoms with Crippen LogP contribution < -0.4 is 10.1 Å². The highest BCUT2D eigenvalue weighted by molar-refractivity contribution is 5.30. The number of hydrogen-bond donors (Lipinski definition) is 1. The Morgan fingerprint density at radius 2 is 1.89 bits per heavy atom. The predicted octanol–water partition coefficient (Wildman–Crippen LogP) is 3.42. The second kappa shape index (κ2) is 4.78. The standard InChI is InChI=1S/C16H26N2O/c1-7-18-13(14-15(2,3)16(14,4)5)11-8-12(19-6)10-17-9-11/h8-10,13-14,18H,7H2,1-6H3. The molecule has 0 spiro atoms. The maximum Gasteiger partial charge on any atom is 0.137 e. The van der Waals surface area contributed by atoms with Gasteiger partial charge in [0, 0.05) is 12.2 Å². The van der Waals surface area contributed by atoms with E-state index >= 15 is 0 Å². The van der Waals surface area contributed by atoms with Crippen LogP contribution in [-0.4, -0.2) is 18.6 Å². The summed E-state index contributed by atoms with van der Waals surface area (Å²) in [5.74, 6) is 1.45. The van der Waals surface area contributed by atoms with Gasteiger partial charge in [0.25, 0.3) is 0 Å². The molecule has 0 amide bonds. The minimum absolute atomic E-state index is 0.345. The van der Waals surface area contributed by atoms with Gasteiger partial charge < -0.3 is 10.1 Å². The average Bonchev–Trinajstić information content (AvgIpc) is 2.77. The van der Waals surface area contributed by atoms with Gasteiger partial charge in [0.2, 0.25) is 0 Å². The fourth-order valence-corrected chi connectivity index (χ4v) is 3.45. The number of nitrogens with zero attached hydrogens (tertiary/aromatic N) is 1. The molecule has 0 saturated heterocycles. The lowest BCUT2D eigenvalue weighted by molar-refractivity contribution is 0.399. The number of rotatable bonds is 5. The minimum atomic E-state index is 0.345. The van der Waals surface area contributed by atoms with E-state index in [4.69, 9.17) is 4.74 Å². The first-order valence-electron chi connectivity index (χ1n) is 7.08. The quantitative estimate of drug-likeness (QED) is 0.883. The van der Waals surface area contributed by atoms with Crippen LogP contribution in [0, 0.1) is 16.7 Å². The third kappa shape index (κ3) is 2.25. The molecule has 1 N–H and O–H groups in total. The Hall–Kier alpha value is -1.09. The highest BCUT2D eigenvalue weighted by atomic mass is 16.5. The summed E-state index contributed by atoms with van der Waals surface area (Å²) < 4.78 is 5.30. The lowest BCUT2D eigenvalue weighted by atomic mass is 9.97. The number of ether oxygens (including phenoxy) is 1. The topological polar surface area (TPSA) is 34.2 Å². The van der Waals surface area contributed by atoms with Crippen molar-refractivity contribution in [2.24, 2.45) is 16.7 Å². The summed E-state index contributed by atoms with van der Waals surface area (Å²) in [5.41, 5.74) is 1.93. The van der Waals surface area contributed by atoms with Gasteiger partial charge in [0.1, 0.15) is 5.75 Å². The largest absolute Gasteiger partial charge is 0.495 e. The van der Waals surface area contributed by atoms with Gasteiger partial charge in [0.05, 0.1) is 13.3 Å². The highest BCUT2D eigenvalue weighted by Gasteiger charge is 2.67. The molecule has 0 aromatic carbocycles. The zero-order chi connectivity index (χ0) is 14.3. The van der Waals surface area contributed by atoms with Crippen molar-refractivity contribution in [2.45, 2.75) is 40.7 Å². The Balaban J connectivity index is 2.31. The first-order valence-corrected chi connectivity index (χ1v) is 7.08. The van der Waals surface area contributed by atoms with E-state index in [2.05, 4.69) is 51.0 Å². The van der Waals surface area contributed by atoms with Crippen LogP contribution in [0.1, 0.15) is 46.2 Å². The average molecular weight is 262 g/mol. The Labute approximate surface area is 116 Å². The highest BCUT2D eigenvalue weighted by Crippen LogP contribution is 2.72. The minimum Gasteiger partial charge on any atom is -0.495 e. The number of aromatic nitrogens is 1. The van der Waals surface area contributed by atoms with Gasteiger partial charge in [-0.2, -0.15) is 0 Å². The van der Waals surface area contributed by atoms with E-state index in [0.717, 1.165) is 12.3 Å². The second-order valence-electron chi connectivity index (χ2n) is 6.61. The molecule has 1 aromatic rings. The molecule has 0 bridgehead atoms. The van der Waals surface area contributed by atoms with Crippen molar-refractivity contribution in [3.8, 4) is 5.75 Å². The Kier molecular flexibility index (Phi) is 3.61. The van der Waals surface area contributed by atoms with E-state index < -0.39 is 0 Å². The van der Waals surface area contributed by atoms with Crippen molar-refractivity contribution in [2.75, 3.05) is 13.7 Å². The van der Waals surface area contributed by atoms with E-state index in [-0.39, 0.29) is 0 Å². The molecule has 1 aliphatic rings. The monoisotopic (exact) mass is 262 g/mol. The summed E-state index contributed by atoms with van der Waals surface area (Å²) in [6.07, 6.45) is 3.72. The molecular formula is C16H26N2O. The molecule has 1 aliphatic carbocycles. The van der Waals surface area contributed by atoms with Crippen LogP contribution in [0.5, 0.6) is 5.75 Å². The fraction of sp³-hybridized carbons (Fsp3) is 0.688. The number of methoxy groups -OCH3 is 1. The van der Waals surface area contributed by atoms with Gasteiger partial charge in [-0.3, -0.25) is 4.98 Å². The van der Waals surface area contributed by atoms with Crippen molar-refractivity contribution in [1.29, 1.82) is 0 Å². The number of hydrogen-bond acceptors (Lipinski definition) is 3. The molecule has 1 aromatic heterocycles. The molecule has 0 aliphatic heterocycles. The van der Waals surface area contributed by atoms with Crippen molar-refractivity contribution < 1.29 is 4.74 Å². The van der Waals surface area contributed by atoms with Crippen LogP contribution in [0.4, 0.5) is 0 Å². The Morgan fingerprint density at radius 1 is 1.26 bits per heavy atom. The van der Waals surface area contributed by atoms with Gasteiger partial charge in [0.15, 0.2) is 0 Å². The SMILES string of the molecule is CCNC(c1cncc(OC)c1)C1C(C)(C)C1(C)C. The van der Waals surface area contributed by atoms with Crippen LogP contribution in [0.2, 0.25) is 0 Å². The summed E-state index contributed by atoms with van der Waals surface area (Å²) in [5, 5.41) is 3.63. The molecule has 1 fully saturated rings. The molecule has 19 heavy (non-hydrogen) atoms. The van der Waals surface area contributed by atoms with Crippen molar-refractivity contribution in [1.82, 2.24) is 10.3 Å². The molecule has 3 heteroatoms. The molecule has 106 valence electrons. The van der Waals surface area contributed by atoms with Gasteiger partial charge in [-0.15, -0.1) is 0 Å². The summed E-state index contributed by atoms with van der Waals surface area (Å²) in [7, 11) is 1.69. The van der Waals surface area contributed by atoms with Crippen LogP contribution in [0.25, 0.3) is 0 Å². The van der Waals surface area contributed by atoms with E-state index in [1.807, 2.05) is 6.20 Å². The summed E-state index contributed by atoms with van der Waals surface area (Å²) in [6.45, 7) is 12.5. The van der Waals surface area contributed by atoms with Gasteiger partial charge >= 0.3 is 0 Å². The molecule has 3 nitrogen and oxygen atoms in total. The van der Waals surface area contributed by atoms with E-state index in [1.54, 1.807) is 13.3 Å². The van der Waals surface area contributed by atoms with E-state index in [0.29, 0.717) is 22.8 Å². The molecule has 1 saturated carbocycles. The molecule has 1 atom stereocenters. The second-order valence-corrected chi connectivity index (χ2v) is 6.61. The third-order valence-electron chi connectivity index (χ3n) is 5.22. The van der Waals surface area contributed by atoms with Gasteiger partial charge in [-0.1, -0.05) is 34.6 Å². The Bertz CT molecular complexity index is 440. The van der Waals surface area contributed by atoms with Crippen molar-refractivity contribution in [3.63, 3.8) is 0 Å². The molecule has 1 heterocycles. The van der Waals surface area contributed by atoms with Crippen molar-refractivity contribution in [3.05, 3.63) is 24.0 Å². The molecular weight excluding hydrogens is 236 g/mol. The van der Waals surface area contributed by atoms with E-state index in [1.165, 1.54) is 5.56 Å². The van der Waals surface area contributed by atoms with Crippen LogP contribution in [0.3, 0.4) is 0 Å². The summed E-state index contributed by atoms with van der Waals surface area (Å²) >= 11 is 0. The maximum atomic E-state index is 5.30. The summed E-state index contributed by atoms with van der Waals surface area (Å²) in [4.78, 5) is 4.30. The third-order valence-corrected chi connectivity index (χ3v) is 5.22. The predicted molar refractivity (Wildman–Crippen MR) is 78.3 cm³/mol. The molecule has 1 unspecified atom stereocenters. The number of pyridine rings is 1. The van der Waals surface area contributed by atoms with Crippen LogP contribution >= 0.6 is 0 Å². The zero-order valence-electron chi connectivity index (χ0n) is 12.9. The van der Waals surface area contributed by atoms with Crippen LogP contribution in [0.15, 0.2) is 18.5 Å². The molecule has 0 radical (unpaired) electrons. The maximum absolute atomic E-state index is 5.30. The fourth-order valence-electron chi connectivity index (χ4n) is 3.45. The normalized spacial score (nSPS) is 22.0. The Morgan fingerprint density at radius 3 is 2.37 bits per heavy atom. The van der Waals surface area contributed by atoms with Gasteiger partial charge in [-0.25, -0.2) is 0 Å². The smallest absolute Gasteiger partial charge is 0.137 e. The van der Waals surface area contributed by atoms with Crippen LogP contribution in [-0.2, 0) is 0 Å². The lowest BCUT2D eigenvalue weighted by Crippen LogP contribution is -2.25. The van der Waals surface area contributed by atoms with Gasteiger partial charge in [-0.05, 0) is 34.9 Å². The van der Waals surface area contributed by atoms with E-state index in [9.17, 15) is 0 Å². The lowest BCUT2D eigenvalue weighted by Gasteiger charge is -2.21. The zero-order valence-corrected chi connectivity index (χ0v) is 12.9. The van der Waals surface area contributed by atoms with Crippen molar-refractivity contribution >= 4 is 0 Å². The first-order chi connectivity index (χ1) is 8.86. The number of nitrogens with one attached hydrogen (secondary N) is 1.